The van der Waals surface area contributed by atoms with Gasteiger partial charge >= 0.3 is 0 Å². The molecule has 1 saturated heterocycles. The van der Waals surface area contributed by atoms with Gasteiger partial charge in [0, 0.05) is 24.9 Å². The van der Waals surface area contributed by atoms with Crippen LogP contribution in [0.5, 0.6) is 0 Å². The van der Waals surface area contributed by atoms with Crippen molar-refractivity contribution in [2.45, 2.75) is 24.6 Å². The molecular weight excluding hydrogens is 292 g/mol. The molecule has 1 fully saturated rings. The third-order valence-corrected chi connectivity index (χ3v) is 5.21. The largest absolute Gasteiger partial charge is 0.330 e. The van der Waals surface area contributed by atoms with Gasteiger partial charge in [-0.15, -0.1) is 11.8 Å². The van der Waals surface area contributed by atoms with Crippen LogP contribution in [0.1, 0.15) is 17.7 Å². The highest BCUT2D eigenvalue weighted by molar-refractivity contribution is 8.00. The molecule has 0 radical (unpaired) electrons. The van der Waals surface area contributed by atoms with E-state index >= 15 is 0 Å². The van der Waals surface area contributed by atoms with E-state index in [1.165, 1.54) is 5.56 Å². The fourth-order valence-corrected chi connectivity index (χ4v) is 3.91. The number of hydrogen-bond acceptors (Lipinski definition) is 3. The lowest BCUT2D eigenvalue weighted by molar-refractivity contribution is -0.128. The number of pyridine rings is 1. The molecule has 0 saturated carbocycles. The summed E-state index contributed by atoms with van der Waals surface area (Å²) in [4.78, 5) is 18.5. The first kappa shape index (κ1) is 15.1. The number of carbonyl (C=O) groups excluding carboxylic acids is 1. The Bertz CT molecular complexity index is 603. The molecule has 0 N–H and O–H groups in total. The van der Waals surface area contributed by atoms with Gasteiger partial charge in [-0.05, 0) is 30.5 Å². The lowest BCUT2D eigenvalue weighted by Gasteiger charge is -2.23. The second-order valence-electron chi connectivity index (χ2n) is 5.45. The van der Waals surface area contributed by atoms with Gasteiger partial charge in [0.1, 0.15) is 0 Å². The van der Waals surface area contributed by atoms with E-state index in [0.29, 0.717) is 11.1 Å². The molecular formula is C18H20N2OS. The lowest BCUT2D eigenvalue weighted by atomic mass is 10.1. The molecule has 1 aliphatic rings. The third kappa shape index (κ3) is 3.89. The maximum absolute atomic E-state index is 12.1. The quantitative estimate of drug-likeness (QED) is 0.821. The van der Waals surface area contributed by atoms with Crippen LogP contribution in [0.2, 0.25) is 0 Å². The molecule has 0 spiro atoms. The van der Waals surface area contributed by atoms with Gasteiger partial charge in [0.05, 0.1) is 11.1 Å². The molecule has 3 nitrogen and oxygen atoms in total. The van der Waals surface area contributed by atoms with Crippen molar-refractivity contribution in [2.24, 2.45) is 0 Å². The van der Waals surface area contributed by atoms with Gasteiger partial charge in [0.25, 0.3) is 0 Å². The molecule has 2 heterocycles. The van der Waals surface area contributed by atoms with E-state index in [0.717, 1.165) is 31.5 Å². The van der Waals surface area contributed by atoms with Gasteiger partial charge in [-0.3, -0.25) is 9.78 Å². The first-order chi connectivity index (χ1) is 10.8. The molecule has 114 valence electrons. The average molecular weight is 312 g/mol. The zero-order chi connectivity index (χ0) is 15.2. The second-order valence-corrected chi connectivity index (χ2v) is 6.61. The van der Waals surface area contributed by atoms with Gasteiger partial charge in [0.2, 0.25) is 5.91 Å². The number of hydrogen-bond donors (Lipinski definition) is 0. The van der Waals surface area contributed by atoms with Crippen LogP contribution in [-0.2, 0) is 17.6 Å². The number of carbonyl (C=O) groups is 1. The topological polar surface area (TPSA) is 33.2 Å². The van der Waals surface area contributed by atoms with E-state index in [-0.39, 0.29) is 5.91 Å². The number of nitrogens with zero attached hydrogens (tertiary/aromatic N) is 2. The van der Waals surface area contributed by atoms with Crippen molar-refractivity contribution >= 4 is 17.7 Å². The first-order valence-electron chi connectivity index (χ1n) is 7.68. The Morgan fingerprint density at radius 2 is 1.91 bits per heavy atom. The third-order valence-electron chi connectivity index (χ3n) is 3.92. The van der Waals surface area contributed by atoms with Gasteiger partial charge in [-0.2, -0.15) is 0 Å². The van der Waals surface area contributed by atoms with E-state index in [1.54, 1.807) is 11.8 Å². The minimum absolute atomic E-state index is 0.263. The summed E-state index contributed by atoms with van der Waals surface area (Å²) in [6.07, 6.45) is 4.67. The molecule has 3 rings (SSSR count). The fourth-order valence-electron chi connectivity index (χ4n) is 2.72. The maximum atomic E-state index is 12.1. The van der Waals surface area contributed by atoms with Crippen LogP contribution in [0.25, 0.3) is 0 Å². The van der Waals surface area contributed by atoms with Gasteiger partial charge in [0.15, 0.2) is 0 Å². The standard InChI is InChI=1S/C18H20N2OS/c21-17-14-22-18(10-9-15-6-2-1-3-7-15)20(17)13-11-16-8-4-5-12-19-16/h1-8,12,18H,9-11,13-14H2. The minimum Gasteiger partial charge on any atom is -0.330 e. The van der Waals surface area contributed by atoms with Crippen LogP contribution in [-0.4, -0.2) is 33.5 Å². The minimum atomic E-state index is 0.263. The van der Waals surface area contributed by atoms with Crippen LogP contribution in [0.4, 0.5) is 0 Å². The second kappa shape index (κ2) is 7.45. The summed E-state index contributed by atoms with van der Waals surface area (Å²) >= 11 is 1.77. The molecule has 0 bridgehead atoms. The molecule has 1 aromatic heterocycles. The fraction of sp³-hybridized carbons (Fsp3) is 0.333. The number of rotatable bonds is 6. The molecule has 22 heavy (non-hydrogen) atoms. The van der Waals surface area contributed by atoms with Crippen molar-refractivity contribution in [3.8, 4) is 0 Å². The monoisotopic (exact) mass is 312 g/mol. The summed E-state index contributed by atoms with van der Waals surface area (Å²) < 4.78 is 0. The predicted octanol–water partition coefficient (Wildman–Crippen LogP) is 3.16. The van der Waals surface area contributed by atoms with Crippen molar-refractivity contribution in [3.05, 3.63) is 66.0 Å². The number of thioether (sulfide) groups is 1. The normalized spacial score (nSPS) is 17.9. The Morgan fingerprint density at radius 3 is 2.68 bits per heavy atom. The molecule has 0 aliphatic carbocycles. The highest BCUT2D eigenvalue weighted by Gasteiger charge is 2.30. The van der Waals surface area contributed by atoms with E-state index in [9.17, 15) is 4.79 Å². The molecule has 1 atom stereocenters. The Labute approximate surface area is 135 Å². The summed E-state index contributed by atoms with van der Waals surface area (Å²) in [5.74, 6) is 0.876. The summed E-state index contributed by atoms with van der Waals surface area (Å²) in [5.41, 5.74) is 2.39. The Hall–Kier alpha value is -1.81. The summed E-state index contributed by atoms with van der Waals surface area (Å²) in [5, 5.41) is 0.302. The zero-order valence-electron chi connectivity index (χ0n) is 12.5. The highest BCUT2D eigenvalue weighted by Crippen LogP contribution is 2.28. The Kier molecular flexibility index (Phi) is 5.11. The van der Waals surface area contributed by atoms with E-state index in [4.69, 9.17) is 0 Å². The number of aryl methyl sites for hydroxylation is 1. The number of aromatic nitrogens is 1. The smallest absolute Gasteiger partial charge is 0.233 e. The Morgan fingerprint density at radius 1 is 1.09 bits per heavy atom. The van der Waals surface area contributed by atoms with Crippen LogP contribution < -0.4 is 0 Å². The van der Waals surface area contributed by atoms with Gasteiger partial charge < -0.3 is 4.90 Å². The van der Waals surface area contributed by atoms with Crippen molar-refractivity contribution in [1.29, 1.82) is 0 Å². The average Bonchev–Trinajstić information content (AvgIpc) is 2.93. The number of amides is 1. The van der Waals surface area contributed by atoms with E-state index in [1.807, 2.05) is 35.4 Å². The molecule has 2 aromatic rings. The molecule has 1 amide bonds. The first-order valence-corrected chi connectivity index (χ1v) is 8.73. The zero-order valence-corrected chi connectivity index (χ0v) is 13.3. The van der Waals surface area contributed by atoms with Crippen LogP contribution >= 0.6 is 11.8 Å². The molecule has 1 aliphatic heterocycles. The lowest BCUT2D eigenvalue weighted by Crippen LogP contribution is -2.35. The van der Waals surface area contributed by atoms with Crippen LogP contribution in [0.3, 0.4) is 0 Å². The van der Waals surface area contributed by atoms with Gasteiger partial charge in [-0.25, -0.2) is 0 Å². The highest BCUT2D eigenvalue weighted by atomic mass is 32.2. The molecule has 4 heteroatoms. The van der Waals surface area contributed by atoms with Crippen LogP contribution in [0, 0.1) is 0 Å². The van der Waals surface area contributed by atoms with Crippen molar-refractivity contribution in [3.63, 3.8) is 0 Å². The summed E-state index contributed by atoms with van der Waals surface area (Å²) in [6.45, 7) is 0.766. The Balaban J connectivity index is 1.55. The SMILES string of the molecule is O=C1CSC(CCc2ccccc2)N1CCc1ccccn1. The number of benzene rings is 1. The predicted molar refractivity (Wildman–Crippen MR) is 90.7 cm³/mol. The molecule has 1 aromatic carbocycles. The summed E-state index contributed by atoms with van der Waals surface area (Å²) in [6, 6.07) is 16.4. The summed E-state index contributed by atoms with van der Waals surface area (Å²) in [7, 11) is 0. The van der Waals surface area contributed by atoms with E-state index in [2.05, 4.69) is 29.2 Å². The van der Waals surface area contributed by atoms with E-state index < -0.39 is 0 Å². The van der Waals surface area contributed by atoms with Crippen LogP contribution in [0.15, 0.2) is 54.7 Å². The van der Waals surface area contributed by atoms with Crippen molar-refractivity contribution in [1.82, 2.24) is 9.88 Å². The molecule has 1 unspecified atom stereocenters. The van der Waals surface area contributed by atoms with Crippen molar-refractivity contribution < 1.29 is 4.79 Å². The van der Waals surface area contributed by atoms with Gasteiger partial charge in [-0.1, -0.05) is 36.4 Å². The van der Waals surface area contributed by atoms with Crippen molar-refractivity contribution in [2.75, 3.05) is 12.3 Å². The maximum Gasteiger partial charge on any atom is 0.233 e.